The zero-order chi connectivity index (χ0) is 11.5. The van der Waals surface area contributed by atoms with E-state index in [2.05, 4.69) is 11.1 Å². The van der Waals surface area contributed by atoms with Gasteiger partial charge in [0.2, 0.25) is 0 Å². The maximum absolute atomic E-state index is 9.16. The Hall–Kier alpha value is -1.01. The van der Waals surface area contributed by atoms with Crippen molar-refractivity contribution in [1.82, 2.24) is 4.98 Å². The standard InChI is InChI=1S/C13H16N2S/c1-9-7-10(2)15-13(12(9)8-14)16-11-5-3-4-6-11/h7,11H,3-6H2,1-2H3. The number of thioether (sulfide) groups is 1. The number of nitriles is 1. The number of aryl methyl sites for hydroxylation is 2. The summed E-state index contributed by atoms with van der Waals surface area (Å²) >= 11 is 1.80. The van der Waals surface area contributed by atoms with Gasteiger partial charge in [-0.15, -0.1) is 11.8 Å². The molecule has 1 saturated carbocycles. The van der Waals surface area contributed by atoms with Crippen molar-refractivity contribution in [2.45, 2.75) is 49.8 Å². The van der Waals surface area contributed by atoms with Crippen molar-refractivity contribution in [3.63, 3.8) is 0 Å². The molecule has 0 N–H and O–H groups in total. The number of nitrogens with zero attached hydrogens (tertiary/aromatic N) is 2. The van der Waals surface area contributed by atoms with Crippen molar-refractivity contribution in [2.75, 3.05) is 0 Å². The highest BCUT2D eigenvalue weighted by Crippen LogP contribution is 2.35. The van der Waals surface area contributed by atoms with Crippen LogP contribution in [0.2, 0.25) is 0 Å². The molecule has 0 saturated heterocycles. The molecule has 1 heterocycles. The van der Waals surface area contributed by atoms with Crippen LogP contribution in [0.1, 0.15) is 42.5 Å². The summed E-state index contributed by atoms with van der Waals surface area (Å²) in [5, 5.41) is 10.8. The van der Waals surface area contributed by atoms with Gasteiger partial charge in [0.15, 0.2) is 0 Å². The van der Waals surface area contributed by atoms with E-state index in [4.69, 9.17) is 5.26 Å². The van der Waals surface area contributed by atoms with Gasteiger partial charge in [0.25, 0.3) is 0 Å². The topological polar surface area (TPSA) is 36.7 Å². The first-order chi connectivity index (χ1) is 7.70. The Morgan fingerprint density at radius 3 is 2.69 bits per heavy atom. The average Bonchev–Trinajstić information content (AvgIpc) is 2.70. The lowest BCUT2D eigenvalue weighted by Gasteiger charge is -2.11. The van der Waals surface area contributed by atoms with E-state index in [9.17, 15) is 0 Å². The zero-order valence-corrected chi connectivity index (χ0v) is 10.6. The van der Waals surface area contributed by atoms with Gasteiger partial charge in [0.05, 0.1) is 5.56 Å². The highest BCUT2D eigenvalue weighted by molar-refractivity contribution is 7.99. The average molecular weight is 232 g/mol. The van der Waals surface area contributed by atoms with Gasteiger partial charge in [-0.1, -0.05) is 12.8 Å². The van der Waals surface area contributed by atoms with E-state index in [1.807, 2.05) is 19.9 Å². The van der Waals surface area contributed by atoms with E-state index >= 15 is 0 Å². The van der Waals surface area contributed by atoms with E-state index in [1.165, 1.54) is 25.7 Å². The Morgan fingerprint density at radius 2 is 2.06 bits per heavy atom. The van der Waals surface area contributed by atoms with Crippen LogP contribution in [0.25, 0.3) is 0 Å². The molecule has 0 amide bonds. The maximum Gasteiger partial charge on any atom is 0.115 e. The molecule has 0 spiro atoms. The predicted molar refractivity (Wildman–Crippen MR) is 66.5 cm³/mol. The van der Waals surface area contributed by atoms with Gasteiger partial charge in [-0.3, -0.25) is 0 Å². The highest BCUT2D eigenvalue weighted by atomic mass is 32.2. The molecule has 2 rings (SSSR count). The molecule has 0 aromatic carbocycles. The van der Waals surface area contributed by atoms with Crippen LogP contribution >= 0.6 is 11.8 Å². The van der Waals surface area contributed by atoms with Crippen LogP contribution in [0, 0.1) is 25.2 Å². The van der Waals surface area contributed by atoms with Gasteiger partial charge in [0.1, 0.15) is 11.1 Å². The molecule has 1 aliphatic carbocycles. The van der Waals surface area contributed by atoms with Crippen molar-refractivity contribution >= 4 is 11.8 Å². The summed E-state index contributed by atoms with van der Waals surface area (Å²) in [5.41, 5.74) is 2.83. The lowest BCUT2D eigenvalue weighted by molar-refractivity contribution is 0.886. The molecule has 1 aliphatic rings. The Labute approximate surface area is 101 Å². The van der Waals surface area contributed by atoms with Crippen LogP contribution in [0.3, 0.4) is 0 Å². The van der Waals surface area contributed by atoms with Crippen molar-refractivity contribution < 1.29 is 0 Å². The third kappa shape index (κ3) is 2.38. The number of aromatic nitrogens is 1. The minimum atomic E-state index is 0.667. The van der Waals surface area contributed by atoms with E-state index in [0.717, 1.165) is 21.8 Å². The molecule has 3 heteroatoms. The zero-order valence-electron chi connectivity index (χ0n) is 9.79. The quantitative estimate of drug-likeness (QED) is 0.781. The van der Waals surface area contributed by atoms with E-state index in [1.54, 1.807) is 11.8 Å². The fraction of sp³-hybridized carbons (Fsp3) is 0.538. The molecule has 0 radical (unpaired) electrons. The normalized spacial score (nSPS) is 16.3. The van der Waals surface area contributed by atoms with Crippen molar-refractivity contribution in [3.05, 3.63) is 22.9 Å². The number of rotatable bonds is 2. The van der Waals surface area contributed by atoms with Crippen LogP contribution in [0.15, 0.2) is 11.1 Å². The second-order valence-corrected chi connectivity index (χ2v) is 5.69. The van der Waals surface area contributed by atoms with Crippen LogP contribution in [0.5, 0.6) is 0 Å². The Morgan fingerprint density at radius 1 is 1.38 bits per heavy atom. The molecule has 16 heavy (non-hydrogen) atoms. The van der Waals surface area contributed by atoms with Gasteiger partial charge in [-0.2, -0.15) is 5.26 Å². The van der Waals surface area contributed by atoms with E-state index in [0.29, 0.717) is 5.25 Å². The largest absolute Gasteiger partial charge is 0.245 e. The highest BCUT2D eigenvalue weighted by Gasteiger charge is 2.19. The second kappa shape index (κ2) is 4.88. The van der Waals surface area contributed by atoms with Gasteiger partial charge in [0, 0.05) is 10.9 Å². The van der Waals surface area contributed by atoms with E-state index < -0.39 is 0 Å². The Kier molecular flexibility index (Phi) is 3.50. The fourth-order valence-electron chi connectivity index (χ4n) is 2.19. The maximum atomic E-state index is 9.16. The molecule has 1 aromatic rings. The molecular formula is C13H16N2S. The van der Waals surface area contributed by atoms with Crippen molar-refractivity contribution in [1.29, 1.82) is 5.26 Å². The Bertz CT molecular complexity index is 428. The summed E-state index contributed by atoms with van der Waals surface area (Å²) in [6.45, 7) is 3.98. The number of hydrogen-bond acceptors (Lipinski definition) is 3. The van der Waals surface area contributed by atoms with Crippen LogP contribution < -0.4 is 0 Å². The summed E-state index contributed by atoms with van der Waals surface area (Å²) in [7, 11) is 0. The summed E-state index contributed by atoms with van der Waals surface area (Å²) in [5.74, 6) is 0. The smallest absolute Gasteiger partial charge is 0.115 e. The van der Waals surface area contributed by atoms with Crippen LogP contribution in [-0.2, 0) is 0 Å². The van der Waals surface area contributed by atoms with Gasteiger partial charge in [-0.25, -0.2) is 4.98 Å². The monoisotopic (exact) mass is 232 g/mol. The summed E-state index contributed by atoms with van der Waals surface area (Å²) < 4.78 is 0. The number of pyridine rings is 1. The number of hydrogen-bond donors (Lipinski definition) is 0. The van der Waals surface area contributed by atoms with Crippen LogP contribution in [0.4, 0.5) is 0 Å². The summed E-state index contributed by atoms with van der Waals surface area (Å²) in [6, 6.07) is 4.27. The predicted octanol–water partition coefficient (Wildman–Crippen LogP) is 3.60. The first kappa shape index (κ1) is 11.5. The molecule has 2 nitrogen and oxygen atoms in total. The lowest BCUT2D eigenvalue weighted by Crippen LogP contribution is -2.00. The fourth-order valence-corrected chi connectivity index (χ4v) is 3.59. The van der Waals surface area contributed by atoms with Crippen LogP contribution in [-0.4, -0.2) is 10.2 Å². The third-order valence-electron chi connectivity index (χ3n) is 3.00. The first-order valence-corrected chi connectivity index (χ1v) is 6.63. The molecule has 84 valence electrons. The molecule has 0 aliphatic heterocycles. The molecular weight excluding hydrogens is 216 g/mol. The minimum absolute atomic E-state index is 0.667. The van der Waals surface area contributed by atoms with Gasteiger partial charge in [-0.05, 0) is 38.3 Å². The van der Waals surface area contributed by atoms with Gasteiger partial charge < -0.3 is 0 Å². The summed E-state index contributed by atoms with van der Waals surface area (Å²) in [6.07, 6.45) is 5.18. The molecule has 0 bridgehead atoms. The minimum Gasteiger partial charge on any atom is -0.245 e. The summed E-state index contributed by atoms with van der Waals surface area (Å²) in [4.78, 5) is 4.51. The molecule has 0 atom stereocenters. The SMILES string of the molecule is Cc1cc(C)c(C#N)c(SC2CCCC2)n1. The van der Waals surface area contributed by atoms with Crippen molar-refractivity contribution in [2.24, 2.45) is 0 Å². The Balaban J connectivity index is 2.28. The van der Waals surface area contributed by atoms with Gasteiger partial charge >= 0.3 is 0 Å². The third-order valence-corrected chi connectivity index (χ3v) is 4.33. The van der Waals surface area contributed by atoms with E-state index in [-0.39, 0.29) is 0 Å². The second-order valence-electron chi connectivity index (χ2n) is 4.40. The lowest BCUT2D eigenvalue weighted by atomic mass is 10.1. The van der Waals surface area contributed by atoms with Crippen molar-refractivity contribution in [3.8, 4) is 6.07 Å². The first-order valence-electron chi connectivity index (χ1n) is 5.75. The molecule has 0 unspecified atom stereocenters. The molecule has 1 fully saturated rings. The molecule has 1 aromatic heterocycles.